The number of hydrogen-bond donors (Lipinski definition) is 1. The summed E-state index contributed by atoms with van der Waals surface area (Å²) in [6.07, 6.45) is 1.68. The number of benzene rings is 1. The second kappa shape index (κ2) is 4.57. The van der Waals surface area contributed by atoms with Crippen LogP contribution in [0.4, 0.5) is 0 Å². The van der Waals surface area contributed by atoms with Crippen LogP contribution in [0.3, 0.4) is 0 Å². The molecule has 0 atom stereocenters. The quantitative estimate of drug-likeness (QED) is 0.879. The van der Waals surface area contributed by atoms with Crippen molar-refractivity contribution in [2.24, 2.45) is 7.05 Å². The van der Waals surface area contributed by atoms with Crippen LogP contribution in [0.1, 0.15) is 24.2 Å². The van der Waals surface area contributed by atoms with Gasteiger partial charge in [-0.15, -0.1) is 0 Å². The minimum Gasteiger partial charge on any atom is -0.481 e. The van der Waals surface area contributed by atoms with Crippen molar-refractivity contribution in [1.29, 1.82) is 0 Å². The number of rotatable bonds is 4. The summed E-state index contributed by atoms with van der Waals surface area (Å²) in [7, 11) is 1.99. The van der Waals surface area contributed by atoms with E-state index >= 15 is 0 Å². The third kappa shape index (κ3) is 2.46. The molecular formula is C13H16N2O2. The second-order valence-electron chi connectivity index (χ2n) is 4.29. The molecule has 1 aromatic carbocycles. The standard InChI is InChI=1S/C13H16N2O2/c1-9-14-11-8-10(4-3-5-13(16)17)6-7-12(11)15(9)2/h6-8H,3-5H2,1-2H3,(H,16,17). The fourth-order valence-electron chi connectivity index (χ4n) is 1.97. The highest BCUT2D eigenvalue weighted by atomic mass is 16.4. The number of nitrogens with zero attached hydrogens (tertiary/aromatic N) is 2. The fraction of sp³-hybridized carbons (Fsp3) is 0.385. The zero-order chi connectivity index (χ0) is 12.4. The average Bonchev–Trinajstić information content (AvgIpc) is 2.54. The molecule has 90 valence electrons. The first-order chi connectivity index (χ1) is 8.08. The molecule has 2 rings (SSSR count). The molecule has 0 spiro atoms. The van der Waals surface area contributed by atoms with E-state index < -0.39 is 5.97 Å². The Bertz CT molecular complexity index is 558. The summed E-state index contributed by atoms with van der Waals surface area (Å²) >= 11 is 0. The van der Waals surface area contributed by atoms with Gasteiger partial charge in [0, 0.05) is 13.5 Å². The molecule has 0 bridgehead atoms. The summed E-state index contributed by atoms with van der Waals surface area (Å²) in [5, 5.41) is 8.59. The summed E-state index contributed by atoms with van der Waals surface area (Å²) < 4.78 is 2.05. The molecule has 0 amide bonds. The predicted molar refractivity (Wildman–Crippen MR) is 66.0 cm³/mol. The first-order valence-corrected chi connectivity index (χ1v) is 5.71. The van der Waals surface area contributed by atoms with Crippen molar-refractivity contribution in [2.75, 3.05) is 0 Å². The van der Waals surface area contributed by atoms with Gasteiger partial charge in [-0.1, -0.05) is 6.07 Å². The van der Waals surface area contributed by atoms with Gasteiger partial charge in [-0.25, -0.2) is 4.98 Å². The number of aliphatic carboxylic acids is 1. The van der Waals surface area contributed by atoms with Crippen LogP contribution in [0.15, 0.2) is 18.2 Å². The van der Waals surface area contributed by atoms with Crippen molar-refractivity contribution >= 4 is 17.0 Å². The van der Waals surface area contributed by atoms with Gasteiger partial charge in [-0.05, 0) is 37.5 Å². The molecule has 17 heavy (non-hydrogen) atoms. The van der Waals surface area contributed by atoms with Crippen molar-refractivity contribution in [3.8, 4) is 0 Å². The number of carbonyl (C=O) groups is 1. The van der Waals surface area contributed by atoms with Crippen molar-refractivity contribution < 1.29 is 9.90 Å². The van der Waals surface area contributed by atoms with Gasteiger partial charge in [-0.2, -0.15) is 0 Å². The molecule has 1 N–H and O–H groups in total. The number of aryl methyl sites for hydroxylation is 3. The van der Waals surface area contributed by atoms with E-state index in [0.29, 0.717) is 6.42 Å². The number of carboxylic acid groups (broad SMARTS) is 1. The molecule has 0 aliphatic heterocycles. The molecule has 0 fully saturated rings. The smallest absolute Gasteiger partial charge is 0.303 e. The van der Waals surface area contributed by atoms with E-state index in [1.807, 2.05) is 32.2 Å². The van der Waals surface area contributed by atoms with Gasteiger partial charge in [0.2, 0.25) is 0 Å². The molecule has 0 saturated carbocycles. The molecule has 0 radical (unpaired) electrons. The molecule has 1 aromatic heterocycles. The van der Waals surface area contributed by atoms with E-state index in [-0.39, 0.29) is 6.42 Å². The topological polar surface area (TPSA) is 55.1 Å². The van der Waals surface area contributed by atoms with Crippen molar-refractivity contribution in [2.45, 2.75) is 26.2 Å². The van der Waals surface area contributed by atoms with Crippen LogP contribution in [-0.2, 0) is 18.3 Å². The van der Waals surface area contributed by atoms with E-state index in [1.54, 1.807) is 0 Å². The van der Waals surface area contributed by atoms with Crippen LogP contribution in [0.2, 0.25) is 0 Å². The Morgan fingerprint density at radius 2 is 2.24 bits per heavy atom. The van der Waals surface area contributed by atoms with Crippen LogP contribution in [0.25, 0.3) is 11.0 Å². The Morgan fingerprint density at radius 1 is 1.47 bits per heavy atom. The number of carboxylic acids is 1. The first kappa shape index (κ1) is 11.6. The zero-order valence-electron chi connectivity index (χ0n) is 10.1. The van der Waals surface area contributed by atoms with Gasteiger partial charge in [-0.3, -0.25) is 4.79 Å². The molecular weight excluding hydrogens is 216 g/mol. The molecule has 0 aliphatic rings. The summed E-state index contributed by atoms with van der Waals surface area (Å²) in [6, 6.07) is 6.14. The third-order valence-corrected chi connectivity index (χ3v) is 3.02. The Balaban J connectivity index is 2.17. The highest BCUT2D eigenvalue weighted by molar-refractivity contribution is 5.76. The van der Waals surface area contributed by atoms with E-state index in [2.05, 4.69) is 9.55 Å². The SMILES string of the molecule is Cc1nc2cc(CCCC(=O)O)ccc2n1C. The third-order valence-electron chi connectivity index (χ3n) is 3.02. The van der Waals surface area contributed by atoms with E-state index in [0.717, 1.165) is 28.8 Å². The molecule has 4 heteroatoms. The van der Waals surface area contributed by atoms with Gasteiger partial charge in [0.15, 0.2) is 0 Å². The van der Waals surface area contributed by atoms with E-state index in [1.165, 1.54) is 0 Å². The summed E-state index contributed by atoms with van der Waals surface area (Å²) in [5.41, 5.74) is 3.25. The number of fused-ring (bicyclic) bond motifs is 1. The molecule has 1 heterocycles. The molecule has 2 aromatic rings. The van der Waals surface area contributed by atoms with Crippen LogP contribution < -0.4 is 0 Å². The summed E-state index contributed by atoms with van der Waals surface area (Å²) in [5.74, 6) is 0.252. The zero-order valence-corrected chi connectivity index (χ0v) is 10.1. The van der Waals surface area contributed by atoms with Gasteiger partial charge in [0.1, 0.15) is 5.82 Å². The molecule has 4 nitrogen and oxygen atoms in total. The molecule has 0 unspecified atom stereocenters. The maximum absolute atomic E-state index is 10.4. The number of imidazole rings is 1. The van der Waals surface area contributed by atoms with Crippen LogP contribution in [0.5, 0.6) is 0 Å². The maximum Gasteiger partial charge on any atom is 0.303 e. The summed E-state index contributed by atoms with van der Waals surface area (Å²) in [6.45, 7) is 1.98. The lowest BCUT2D eigenvalue weighted by Crippen LogP contribution is -1.96. The van der Waals surface area contributed by atoms with Crippen molar-refractivity contribution in [1.82, 2.24) is 9.55 Å². The number of hydrogen-bond acceptors (Lipinski definition) is 2. The van der Waals surface area contributed by atoms with Gasteiger partial charge in [0.05, 0.1) is 11.0 Å². The molecule has 0 aliphatic carbocycles. The minimum absolute atomic E-state index is 0.222. The largest absolute Gasteiger partial charge is 0.481 e. The van der Waals surface area contributed by atoms with E-state index in [4.69, 9.17) is 5.11 Å². The van der Waals surface area contributed by atoms with Crippen molar-refractivity contribution in [3.63, 3.8) is 0 Å². The Morgan fingerprint density at radius 3 is 2.94 bits per heavy atom. The van der Waals surface area contributed by atoms with E-state index in [9.17, 15) is 4.79 Å². The lowest BCUT2D eigenvalue weighted by molar-refractivity contribution is -0.137. The fourth-order valence-corrected chi connectivity index (χ4v) is 1.97. The lowest BCUT2D eigenvalue weighted by Gasteiger charge is -2.00. The Kier molecular flexibility index (Phi) is 3.13. The number of aromatic nitrogens is 2. The van der Waals surface area contributed by atoms with Gasteiger partial charge >= 0.3 is 5.97 Å². The van der Waals surface area contributed by atoms with Crippen LogP contribution >= 0.6 is 0 Å². The monoisotopic (exact) mass is 232 g/mol. The highest BCUT2D eigenvalue weighted by Gasteiger charge is 2.05. The first-order valence-electron chi connectivity index (χ1n) is 5.71. The summed E-state index contributed by atoms with van der Waals surface area (Å²) in [4.78, 5) is 14.9. The highest BCUT2D eigenvalue weighted by Crippen LogP contribution is 2.17. The van der Waals surface area contributed by atoms with Gasteiger partial charge < -0.3 is 9.67 Å². The predicted octanol–water partition coefficient (Wildman–Crippen LogP) is 2.29. The second-order valence-corrected chi connectivity index (χ2v) is 4.29. The lowest BCUT2D eigenvalue weighted by atomic mass is 10.1. The van der Waals surface area contributed by atoms with Crippen LogP contribution in [0, 0.1) is 6.92 Å². The maximum atomic E-state index is 10.4. The normalized spacial score (nSPS) is 10.9. The minimum atomic E-state index is -0.736. The Labute approximate surface area is 99.9 Å². The Hall–Kier alpha value is -1.84. The van der Waals surface area contributed by atoms with Crippen molar-refractivity contribution in [3.05, 3.63) is 29.6 Å². The van der Waals surface area contributed by atoms with Crippen LogP contribution in [-0.4, -0.2) is 20.6 Å². The average molecular weight is 232 g/mol. The molecule has 0 saturated heterocycles. The van der Waals surface area contributed by atoms with Gasteiger partial charge in [0.25, 0.3) is 0 Å².